The van der Waals surface area contributed by atoms with Gasteiger partial charge in [-0.05, 0) is 24.3 Å². The maximum absolute atomic E-state index is 5.25. The van der Waals surface area contributed by atoms with Gasteiger partial charge in [0.25, 0.3) is 0 Å². The van der Waals surface area contributed by atoms with Crippen molar-refractivity contribution in [3.05, 3.63) is 42.2 Å². The smallest absolute Gasteiger partial charge is 0.0590 e. The number of anilines is 1. The maximum atomic E-state index is 5.25. The Hall–Kier alpha value is -1.92. The van der Waals surface area contributed by atoms with E-state index in [4.69, 9.17) is 6.42 Å². The predicted molar refractivity (Wildman–Crippen MR) is 52.3 cm³/mol. The molecule has 2 N–H and O–H groups in total. The topological polar surface area (TPSA) is 27.3 Å². The Balaban J connectivity index is 2.23. The van der Waals surface area contributed by atoms with Crippen LogP contribution in [0.25, 0.3) is 0 Å². The highest BCUT2D eigenvalue weighted by atomic mass is 15.7. The molecule has 0 aliphatic carbocycles. The highest BCUT2D eigenvalue weighted by Gasteiger charge is 2.04. The van der Waals surface area contributed by atoms with E-state index in [2.05, 4.69) is 16.9 Å². The normalized spacial score (nSPS) is 13.9. The molecule has 0 saturated heterocycles. The summed E-state index contributed by atoms with van der Waals surface area (Å²) in [5, 5.41) is 1.86. The molecule has 0 saturated carbocycles. The first kappa shape index (κ1) is 7.71. The molecule has 0 atom stereocenters. The molecular weight excluding hydrogens is 162 g/mol. The van der Waals surface area contributed by atoms with E-state index < -0.39 is 0 Å². The fourth-order valence-corrected chi connectivity index (χ4v) is 1.12. The van der Waals surface area contributed by atoms with E-state index >= 15 is 0 Å². The van der Waals surface area contributed by atoms with Crippen LogP contribution in [0.15, 0.2) is 36.7 Å². The summed E-state index contributed by atoms with van der Waals surface area (Å²) >= 11 is 0. The lowest BCUT2D eigenvalue weighted by Crippen LogP contribution is -2.35. The van der Waals surface area contributed by atoms with E-state index in [-0.39, 0.29) is 0 Å². The van der Waals surface area contributed by atoms with Crippen LogP contribution in [0.1, 0.15) is 5.56 Å². The van der Waals surface area contributed by atoms with E-state index in [0.717, 1.165) is 11.3 Å². The van der Waals surface area contributed by atoms with E-state index in [9.17, 15) is 0 Å². The highest BCUT2D eigenvalue weighted by Crippen LogP contribution is 2.14. The van der Waals surface area contributed by atoms with Crippen LogP contribution in [-0.2, 0) is 0 Å². The molecule has 0 spiro atoms. The van der Waals surface area contributed by atoms with Crippen LogP contribution in [0, 0.1) is 12.3 Å². The van der Waals surface area contributed by atoms with Crippen LogP contribution in [0.5, 0.6) is 0 Å². The Morgan fingerprint density at radius 1 is 1.23 bits per heavy atom. The third-order valence-electron chi connectivity index (χ3n) is 1.80. The Labute approximate surface area is 77.0 Å². The van der Waals surface area contributed by atoms with Gasteiger partial charge in [-0.2, -0.15) is 0 Å². The molecule has 64 valence electrons. The van der Waals surface area contributed by atoms with E-state index in [1.54, 1.807) is 0 Å². The molecule has 0 radical (unpaired) electrons. The van der Waals surface area contributed by atoms with E-state index in [0.29, 0.717) is 0 Å². The average Bonchev–Trinajstić information content (AvgIpc) is 2.71. The van der Waals surface area contributed by atoms with Crippen molar-refractivity contribution in [1.82, 2.24) is 11.0 Å². The second kappa shape index (κ2) is 3.21. The highest BCUT2D eigenvalue weighted by molar-refractivity contribution is 5.51. The zero-order valence-electron chi connectivity index (χ0n) is 6.99. The van der Waals surface area contributed by atoms with Gasteiger partial charge in [-0.1, -0.05) is 5.92 Å². The second-order valence-corrected chi connectivity index (χ2v) is 2.63. The first-order valence-corrected chi connectivity index (χ1v) is 3.94. The van der Waals surface area contributed by atoms with Gasteiger partial charge < -0.3 is 5.43 Å². The van der Waals surface area contributed by atoms with Crippen LogP contribution in [0.3, 0.4) is 0 Å². The van der Waals surface area contributed by atoms with Crippen molar-refractivity contribution in [3.8, 4) is 12.3 Å². The number of terminal acetylenes is 1. The molecule has 2 rings (SSSR count). The summed E-state index contributed by atoms with van der Waals surface area (Å²) in [6.45, 7) is 0. The Bertz CT molecular complexity index is 359. The zero-order chi connectivity index (χ0) is 9.10. The minimum Gasteiger partial charge on any atom is -0.309 e. The van der Waals surface area contributed by atoms with Crippen molar-refractivity contribution in [2.75, 3.05) is 5.01 Å². The summed E-state index contributed by atoms with van der Waals surface area (Å²) in [7, 11) is 0. The van der Waals surface area contributed by atoms with E-state index in [1.807, 2.05) is 41.7 Å². The van der Waals surface area contributed by atoms with Crippen molar-refractivity contribution in [3.63, 3.8) is 0 Å². The lowest BCUT2D eigenvalue weighted by Gasteiger charge is -2.14. The van der Waals surface area contributed by atoms with E-state index in [1.165, 1.54) is 0 Å². The zero-order valence-corrected chi connectivity index (χ0v) is 6.99. The molecule has 0 unspecified atom stereocenters. The van der Waals surface area contributed by atoms with Gasteiger partial charge in [-0.3, -0.25) is 5.01 Å². The quantitative estimate of drug-likeness (QED) is 0.616. The largest absolute Gasteiger partial charge is 0.309 e. The Morgan fingerprint density at radius 2 is 2.00 bits per heavy atom. The van der Waals surface area contributed by atoms with Crippen LogP contribution in [0.2, 0.25) is 0 Å². The molecule has 0 amide bonds. The third kappa shape index (κ3) is 1.48. The molecular formula is C10H9N3. The molecule has 3 nitrogen and oxygen atoms in total. The molecule has 3 heteroatoms. The average molecular weight is 171 g/mol. The van der Waals surface area contributed by atoms with Crippen molar-refractivity contribution in [2.45, 2.75) is 0 Å². The predicted octanol–water partition coefficient (Wildman–Crippen LogP) is 0.968. The van der Waals surface area contributed by atoms with Gasteiger partial charge in [-0.15, -0.1) is 12.0 Å². The molecule has 0 bridgehead atoms. The summed E-state index contributed by atoms with van der Waals surface area (Å²) in [5.74, 6) is 2.57. The fourth-order valence-electron chi connectivity index (χ4n) is 1.12. The summed E-state index contributed by atoms with van der Waals surface area (Å²) < 4.78 is 0. The number of nitrogens with one attached hydrogen (secondary N) is 2. The van der Waals surface area contributed by atoms with Gasteiger partial charge in [0.2, 0.25) is 0 Å². The van der Waals surface area contributed by atoms with Crippen molar-refractivity contribution in [1.29, 1.82) is 0 Å². The molecule has 13 heavy (non-hydrogen) atoms. The Kier molecular flexibility index (Phi) is 1.91. The summed E-state index contributed by atoms with van der Waals surface area (Å²) in [6.07, 6.45) is 8.96. The number of hydrogen-bond acceptors (Lipinski definition) is 3. The number of hydrogen-bond donors (Lipinski definition) is 2. The van der Waals surface area contributed by atoms with Gasteiger partial charge in [-0.25, -0.2) is 0 Å². The second-order valence-electron chi connectivity index (χ2n) is 2.63. The van der Waals surface area contributed by atoms with Crippen LogP contribution >= 0.6 is 0 Å². The van der Waals surface area contributed by atoms with Gasteiger partial charge in [0.1, 0.15) is 0 Å². The molecule has 1 heterocycles. The maximum Gasteiger partial charge on any atom is 0.0590 e. The number of rotatable bonds is 1. The minimum absolute atomic E-state index is 0.889. The molecule has 1 aliphatic heterocycles. The third-order valence-corrected chi connectivity index (χ3v) is 1.80. The van der Waals surface area contributed by atoms with Crippen molar-refractivity contribution >= 4 is 5.69 Å². The van der Waals surface area contributed by atoms with Gasteiger partial charge in [0, 0.05) is 18.0 Å². The minimum atomic E-state index is 0.889. The summed E-state index contributed by atoms with van der Waals surface area (Å²) in [4.78, 5) is 0. The van der Waals surface area contributed by atoms with Crippen LogP contribution < -0.4 is 16.0 Å². The molecule has 1 aliphatic rings. The molecule has 0 fully saturated rings. The number of nitrogens with zero attached hydrogens (tertiary/aromatic N) is 1. The molecule has 1 aromatic rings. The number of hydrazine groups is 2. The monoisotopic (exact) mass is 171 g/mol. The van der Waals surface area contributed by atoms with Gasteiger partial charge in [0.05, 0.1) is 5.69 Å². The molecule has 0 aromatic heterocycles. The van der Waals surface area contributed by atoms with Gasteiger partial charge >= 0.3 is 0 Å². The number of benzene rings is 1. The summed E-state index contributed by atoms with van der Waals surface area (Å²) in [6, 6.07) is 7.73. The Morgan fingerprint density at radius 3 is 2.54 bits per heavy atom. The fraction of sp³-hybridized carbons (Fsp3) is 0. The summed E-state index contributed by atoms with van der Waals surface area (Å²) in [5.41, 5.74) is 7.72. The first-order valence-electron chi connectivity index (χ1n) is 3.94. The lowest BCUT2D eigenvalue weighted by atomic mass is 10.2. The molecule has 1 aromatic carbocycles. The SMILES string of the molecule is C#Cc1ccc(N2C=CNN2)cc1. The standard InChI is InChI=1S/C10H9N3/c1-2-9-3-5-10(6-4-9)13-8-7-11-12-13/h1,3-8,11-12H. The lowest BCUT2D eigenvalue weighted by molar-refractivity contribution is 0.680. The van der Waals surface area contributed by atoms with Crippen LogP contribution in [-0.4, -0.2) is 0 Å². The first-order chi connectivity index (χ1) is 6.40. The van der Waals surface area contributed by atoms with Crippen LogP contribution in [0.4, 0.5) is 5.69 Å². The van der Waals surface area contributed by atoms with Crippen molar-refractivity contribution in [2.24, 2.45) is 0 Å². The van der Waals surface area contributed by atoms with Crippen molar-refractivity contribution < 1.29 is 0 Å². The van der Waals surface area contributed by atoms with Gasteiger partial charge in [0.15, 0.2) is 0 Å².